The maximum atomic E-state index is 6.21. The Bertz CT molecular complexity index is 606. The summed E-state index contributed by atoms with van der Waals surface area (Å²) in [6.45, 7) is 3.34. The first-order valence-electron chi connectivity index (χ1n) is 6.81. The Labute approximate surface area is 121 Å². The largest absolute Gasteiger partial charge is 0.396 e. The summed E-state index contributed by atoms with van der Waals surface area (Å²) in [7, 11) is 0. The van der Waals surface area contributed by atoms with Gasteiger partial charge >= 0.3 is 0 Å². The van der Waals surface area contributed by atoms with Crippen LogP contribution in [0, 0.1) is 0 Å². The number of nitrogens with two attached hydrogens (primary N) is 1. The molecule has 1 aromatic carbocycles. The van der Waals surface area contributed by atoms with Gasteiger partial charge in [0.1, 0.15) is 0 Å². The lowest BCUT2D eigenvalue weighted by molar-refractivity contribution is 0.647. The number of nitrogen functional groups attached to an aromatic ring is 1. The second-order valence-corrected chi connectivity index (χ2v) is 6.04. The molecule has 2 aromatic rings. The SMILES string of the molecule is CCC1CCCN1c1c(N)cnc2ccc(Br)cc12. The Balaban J connectivity index is 2.21. The molecule has 1 aliphatic rings. The van der Waals surface area contributed by atoms with Crippen molar-refractivity contribution in [2.45, 2.75) is 32.2 Å². The quantitative estimate of drug-likeness (QED) is 0.911. The normalized spacial score (nSPS) is 19.3. The van der Waals surface area contributed by atoms with Gasteiger partial charge in [0.15, 0.2) is 0 Å². The molecule has 100 valence electrons. The summed E-state index contributed by atoms with van der Waals surface area (Å²) >= 11 is 3.54. The van der Waals surface area contributed by atoms with Crippen molar-refractivity contribution in [1.82, 2.24) is 4.98 Å². The van der Waals surface area contributed by atoms with Gasteiger partial charge in [-0.15, -0.1) is 0 Å². The zero-order valence-corrected chi connectivity index (χ0v) is 12.7. The van der Waals surface area contributed by atoms with Crippen LogP contribution in [-0.4, -0.2) is 17.6 Å². The molecule has 0 bridgehead atoms. The summed E-state index contributed by atoms with van der Waals surface area (Å²) in [6, 6.07) is 6.79. The van der Waals surface area contributed by atoms with Crippen LogP contribution < -0.4 is 10.6 Å². The zero-order chi connectivity index (χ0) is 13.4. The summed E-state index contributed by atoms with van der Waals surface area (Å²) in [5, 5.41) is 1.15. The maximum Gasteiger partial charge on any atom is 0.0745 e. The smallest absolute Gasteiger partial charge is 0.0745 e. The number of pyridine rings is 1. The molecular weight excluding hydrogens is 302 g/mol. The average molecular weight is 320 g/mol. The van der Waals surface area contributed by atoms with Crippen molar-refractivity contribution in [1.29, 1.82) is 0 Å². The Hall–Kier alpha value is -1.29. The molecule has 0 radical (unpaired) electrons. The van der Waals surface area contributed by atoms with E-state index in [9.17, 15) is 0 Å². The summed E-state index contributed by atoms with van der Waals surface area (Å²) in [6.07, 6.45) is 5.46. The van der Waals surface area contributed by atoms with Crippen molar-refractivity contribution in [3.63, 3.8) is 0 Å². The number of halogens is 1. The molecule has 2 N–H and O–H groups in total. The molecule has 1 aromatic heterocycles. The summed E-state index contributed by atoms with van der Waals surface area (Å²) in [5.41, 5.74) is 9.17. The number of fused-ring (bicyclic) bond motifs is 1. The van der Waals surface area contributed by atoms with E-state index >= 15 is 0 Å². The van der Waals surface area contributed by atoms with Crippen molar-refractivity contribution in [2.24, 2.45) is 0 Å². The van der Waals surface area contributed by atoms with Gasteiger partial charge in [-0.1, -0.05) is 22.9 Å². The van der Waals surface area contributed by atoms with Crippen LogP contribution in [-0.2, 0) is 0 Å². The van der Waals surface area contributed by atoms with Crippen molar-refractivity contribution in [3.05, 3.63) is 28.9 Å². The number of benzene rings is 1. The van der Waals surface area contributed by atoms with Crippen LogP contribution in [0.3, 0.4) is 0 Å². The minimum absolute atomic E-state index is 0.604. The first-order valence-corrected chi connectivity index (χ1v) is 7.60. The van der Waals surface area contributed by atoms with E-state index in [4.69, 9.17) is 5.73 Å². The Morgan fingerprint density at radius 3 is 3.11 bits per heavy atom. The number of anilines is 2. The van der Waals surface area contributed by atoms with Crippen molar-refractivity contribution in [3.8, 4) is 0 Å². The number of hydrogen-bond acceptors (Lipinski definition) is 3. The van der Waals surface area contributed by atoms with Crippen LogP contribution >= 0.6 is 15.9 Å². The molecule has 2 heterocycles. The molecule has 3 rings (SSSR count). The fourth-order valence-electron chi connectivity index (χ4n) is 3.04. The topological polar surface area (TPSA) is 42.1 Å². The summed E-state index contributed by atoms with van der Waals surface area (Å²) in [4.78, 5) is 6.90. The molecule has 1 atom stereocenters. The van der Waals surface area contributed by atoms with E-state index in [0.29, 0.717) is 6.04 Å². The maximum absolute atomic E-state index is 6.21. The van der Waals surface area contributed by atoms with E-state index in [0.717, 1.165) is 39.7 Å². The third kappa shape index (κ3) is 2.18. The molecule has 0 aliphatic carbocycles. The highest BCUT2D eigenvalue weighted by molar-refractivity contribution is 9.10. The van der Waals surface area contributed by atoms with Crippen LogP contribution in [0.2, 0.25) is 0 Å². The van der Waals surface area contributed by atoms with Gasteiger partial charge in [-0.3, -0.25) is 4.98 Å². The van der Waals surface area contributed by atoms with Crippen LogP contribution in [0.4, 0.5) is 11.4 Å². The van der Waals surface area contributed by atoms with E-state index in [1.807, 2.05) is 12.1 Å². The zero-order valence-electron chi connectivity index (χ0n) is 11.1. The van der Waals surface area contributed by atoms with Crippen molar-refractivity contribution < 1.29 is 0 Å². The van der Waals surface area contributed by atoms with Gasteiger partial charge in [0.2, 0.25) is 0 Å². The van der Waals surface area contributed by atoms with Gasteiger partial charge in [-0.05, 0) is 37.5 Å². The fraction of sp³-hybridized carbons (Fsp3) is 0.400. The van der Waals surface area contributed by atoms with Crippen LogP contribution in [0.15, 0.2) is 28.9 Å². The van der Waals surface area contributed by atoms with Gasteiger partial charge in [-0.2, -0.15) is 0 Å². The van der Waals surface area contributed by atoms with Gasteiger partial charge < -0.3 is 10.6 Å². The highest BCUT2D eigenvalue weighted by atomic mass is 79.9. The lowest BCUT2D eigenvalue weighted by Crippen LogP contribution is -2.29. The van der Waals surface area contributed by atoms with Gasteiger partial charge in [0, 0.05) is 22.4 Å². The number of nitrogens with zero attached hydrogens (tertiary/aromatic N) is 2. The second-order valence-electron chi connectivity index (χ2n) is 5.12. The van der Waals surface area contributed by atoms with E-state index in [2.05, 4.69) is 38.8 Å². The fourth-order valence-corrected chi connectivity index (χ4v) is 3.40. The third-order valence-electron chi connectivity index (χ3n) is 3.97. The van der Waals surface area contributed by atoms with E-state index in [1.54, 1.807) is 6.20 Å². The summed E-state index contributed by atoms with van der Waals surface area (Å²) < 4.78 is 1.07. The minimum atomic E-state index is 0.604. The first kappa shape index (κ1) is 12.7. The number of rotatable bonds is 2. The van der Waals surface area contributed by atoms with Gasteiger partial charge in [0.25, 0.3) is 0 Å². The molecule has 3 nitrogen and oxygen atoms in total. The lowest BCUT2D eigenvalue weighted by atomic mass is 10.1. The monoisotopic (exact) mass is 319 g/mol. The first-order chi connectivity index (χ1) is 9.20. The molecule has 0 amide bonds. The predicted octanol–water partition coefficient (Wildman–Crippen LogP) is 3.96. The molecule has 1 aliphatic heterocycles. The minimum Gasteiger partial charge on any atom is -0.396 e. The molecule has 1 saturated heterocycles. The highest BCUT2D eigenvalue weighted by Crippen LogP contribution is 2.37. The van der Waals surface area contributed by atoms with Crippen LogP contribution in [0.1, 0.15) is 26.2 Å². The highest BCUT2D eigenvalue weighted by Gasteiger charge is 2.26. The molecule has 19 heavy (non-hydrogen) atoms. The summed E-state index contributed by atoms with van der Waals surface area (Å²) in [5.74, 6) is 0. The van der Waals surface area contributed by atoms with Crippen LogP contribution in [0.25, 0.3) is 10.9 Å². The van der Waals surface area contributed by atoms with Crippen molar-refractivity contribution in [2.75, 3.05) is 17.2 Å². The molecule has 0 spiro atoms. The van der Waals surface area contributed by atoms with Gasteiger partial charge in [-0.25, -0.2) is 0 Å². The Morgan fingerprint density at radius 2 is 2.32 bits per heavy atom. The van der Waals surface area contributed by atoms with E-state index < -0.39 is 0 Å². The molecular formula is C15H18BrN3. The lowest BCUT2D eigenvalue weighted by Gasteiger charge is -2.28. The molecule has 1 fully saturated rings. The van der Waals surface area contributed by atoms with Gasteiger partial charge in [0.05, 0.1) is 23.1 Å². The molecule has 4 heteroatoms. The van der Waals surface area contributed by atoms with E-state index in [1.165, 1.54) is 12.8 Å². The van der Waals surface area contributed by atoms with E-state index in [-0.39, 0.29) is 0 Å². The standard InChI is InChI=1S/C15H18BrN3/c1-2-11-4-3-7-19(11)15-12-8-10(16)5-6-14(12)18-9-13(15)17/h5-6,8-9,11H,2-4,7,17H2,1H3. The second kappa shape index (κ2) is 5.00. The van der Waals surface area contributed by atoms with Crippen LogP contribution in [0.5, 0.6) is 0 Å². The predicted molar refractivity (Wildman–Crippen MR) is 84.5 cm³/mol. The number of hydrogen-bond donors (Lipinski definition) is 1. The molecule has 0 saturated carbocycles. The third-order valence-corrected chi connectivity index (χ3v) is 4.46. The Kier molecular flexibility index (Phi) is 3.35. The number of aromatic nitrogens is 1. The van der Waals surface area contributed by atoms with Crippen molar-refractivity contribution >= 4 is 38.2 Å². The average Bonchev–Trinajstić information content (AvgIpc) is 2.86. The molecule has 1 unspecified atom stereocenters. The Morgan fingerprint density at radius 1 is 1.47 bits per heavy atom.